The summed E-state index contributed by atoms with van der Waals surface area (Å²) in [5.41, 5.74) is 1.25. The fourth-order valence-corrected chi connectivity index (χ4v) is 2.19. The first-order valence-corrected chi connectivity index (χ1v) is 6.46. The molecule has 0 unspecified atom stereocenters. The average Bonchev–Trinajstić information content (AvgIpc) is 2.85. The molecule has 106 valence electrons. The van der Waals surface area contributed by atoms with Crippen LogP contribution in [-0.2, 0) is 6.42 Å². The largest absolute Gasteiger partial charge is 0.508 e. The van der Waals surface area contributed by atoms with E-state index in [0.717, 1.165) is 6.20 Å². The summed E-state index contributed by atoms with van der Waals surface area (Å²) in [6.45, 7) is 1.87. The van der Waals surface area contributed by atoms with E-state index in [-0.39, 0.29) is 17.3 Å². The van der Waals surface area contributed by atoms with Crippen molar-refractivity contribution in [3.63, 3.8) is 0 Å². The van der Waals surface area contributed by atoms with Gasteiger partial charge in [-0.3, -0.25) is 9.20 Å². The van der Waals surface area contributed by atoms with Gasteiger partial charge in [-0.25, -0.2) is 14.4 Å². The lowest BCUT2D eigenvalue weighted by Crippen LogP contribution is -2.08. The average molecular weight is 285 g/mol. The first-order chi connectivity index (χ1) is 10.1. The number of fused-ring (bicyclic) bond motifs is 1. The van der Waals surface area contributed by atoms with Crippen LogP contribution in [0.3, 0.4) is 0 Å². The van der Waals surface area contributed by atoms with Gasteiger partial charge in [0.1, 0.15) is 11.4 Å². The molecule has 0 saturated heterocycles. The van der Waals surface area contributed by atoms with E-state index < -0.39 is 5.82 Å². The normalized spacial score (nSPS) is 11.0. The Morgan fingerprint density at radius 3 is 2.71 bits per heavy atom. The van der Waals surface area contributed by atoms with Crippen molar-refractivity contribution in [2.45, 2.75) is 13.3 Å². The van der Waals surface area contributed by atoms with Crippen LogP contribution in [0.25, 0.3) is 5.78 Å². The maximum Gasteiger partial charge on any atom is 0.234 e. The highest BCUT2D eigenvalue weighted by Crippen LogP contribution is 2.19. The molecule has 0 aliphatic rings. The van der Waals surface area contributed by atoms with Crippen LogP contribution in [0, 0.1) is 5.82 Å². The Morgan fingerprint density at radius 1 is 1.33 bits per heavy atom. The van der Waals surface area contributed by atoms with Crippen molar-refractivity contribution in [1.82, 2.24) is 14.4 Å². The zero-order valence-electron chi connectivity index (χ0n) is 11.2. The number of aryl methyl sites for hydroxylation is 1. The van der Waals surface area contributed by atoms with Crippen LogP contribution in [0.5, 0.6) is 5.75 Å². The number of nitrogens with zero attached hydrogens (tertiary/aromatic N) is 3. The number of carbonyl (C=O) groups excluding carboxylic acids is 1. The third-order valence-electron chi connectivity index (χ3n) is 3.20. The van der Waals surface area contributed by atoms with Crippen LogP contribution in [-0.4, -0.2) is 25.3 Å². The van der Waals surface area contributed by atoms with E-state index in [2.05, 4.69) is 9.97 Å². The third kappa shape index (κ3) is 2.24. The standard InChI is InChI=1S/C15H12FN3O2/c1-2-12-13(14(21)9-3-5-11(20)6-4-9)19-8-10(16)7-17-15(19)18-12/h3-8,20H,2H2,1H3. The number of aromatic nitrogens is 3. The molecule has 0 radical (unpaired) electrons. The molecule has 1 aromatic carbocycles. The van der Waals surface area contributed by atoms with Crippen molar-refractivity contribution < 1.29 is 14.3 Å². The Balaban J connectivity index is 2.20. The molecule has 1 N–H and O–H groups in total. The molecule has 2 aromatic heterocycles. The van der Waals surface area contributed by atoms with E-state index in [4.69, 9.17) is 0 Å². The molecule has 6 heteroatoms. The van der Waals surface area contributed by atoms with Gasteiger partial charge in [-0.15, -0.1) is 0 Å². The van der Waals surface area contributed by atoms with Gasteiger partial charge < -0.3 is 5.11 Å². The number of rotatable bonds is 3. The maximum absolute atomic E-state index is 13.4. The molecule has 0 fully saturated rings. The lowest BCUT2D eigenvalue weighted by molar-refractivity contribution is 0.103. The minimum atomic E-state index is -0.540. The quantitative estimate of drug-likeness (QED) is 0.750. The van der Waals surface area contributed by atoms with Crippen molar-refractivity contribution in [1.29, 1.82) is 0 Å². The highest BCUT2D eigenvalue weighted by Gasteiger charge is 2.20. The van der Waals surface area contributed by atoms with E-state index in [9.17, 15) is 14.3 Å². The first-order valence-electron chi connectivity index (χ1n) is 6.46. The number of hydrogen-bond donors (Lipinski definition) is 1. The van der Waals surface area contributed by atoms with Crippen molar-refractivity contribution in [3.05, 3.63) is 59.4 Å². The number of halogens is 1. The Hall–Kier alpha value is -2.76. The molecule has 5 nitrogen and oxygen atoms in total. The van der Waals surface area contributed by atoms with Crippen LogP contribution < -0.4 is 0 Å². The molecule has 0 spiro atoms. The summed E-state index contributed by atoms with van der Waals surface area (Å²) >= 11 is 0. The predicted molar refractivity (Wildman–Crippen MR) is 73.9 cm³/mol. The number of hydrogen-bond acceptors (Lipinski definition) is 4. The van der Waals surface area contributed by atoms with Crippen LogP contribution >= 0.6 is 0 Å². The Kier molecular flexibility index (Phi) is 3.13. The van der Waals surface area contributed by atoms with Gasteiger partial charge in [0.15, 0.2) is 5.82 Å². The second-order valence-corrected chi connectivity index (χ2v) is 4.58. The maximum atomic E-state index is 13.4. The van der Waals surface area contributed by atoms with E-state index in [1.54, 1.807) is 0 Å². The number of benzene rings is 1. The molecule has 0 atom stereocenters. The number of phenolic OH excluding ortho intramolecular Hbond substituents is 1. The Labute approximate surface area is 119 Å². The lowest BCUT2D eigenvalue weighted by atomic mass is 10.1. The summed E-state index contributed by atoms with van der Waals surface area (Å²) in [6, 6.07) is 5.90. The SMILES string of the molecule is CCc1nc2ncc(F)cn2c1C(=O)c1ccc(O)cc1. The Morgan fingerprint density at radius 2 is 2.05 bits per heavy atom. The molecular weight excluding hydrogens is 273 g/mol. The van der Waals surface area contributed by atoms with Gasteiger partial charge in [0.2, 0.25) is 11.6 Å². The lowest BCUT2D eigenvalue weighted by Gasteiger charge is -2.03. The molecule has 0 bridgehead atoms. The number of aromatic hydroxyl groups is 1. The Bertz CT molecular complexity index is 825. The molecule has 0 saturated carbocycles. The van der Waals surface area contributed by atoms with Crippen molar-refractivity contribution in [2.75, 3.05) is 0 Å². The zero-order valence-corrected chi connectivity index (χ0v) is 11.2. The second kappa shape index (κ2) is 4.97. The molecule has 0 amide bonds. The second-order valence-electron chi connectivity index (χ2n) is 4.58. The van der Waals surface area contributed by atoms with Crippen LogP contribution in [0.15, 0.2) is 36.7 Å². The van der Waals surface area contributed by atoms with Crippen molar-refractivity contribution >= 4 is 11.6 Å². The minimum absolute atomic E-state index is 0.0770. The summed E-state index contributed by atoms with van der Waals surface area (Å²) in [7, 11) is 0. The van der Waals surface area contributed by atoms with E-state index in [1.807, 2.05) is 6.92 Å². The van der Waals surface area contributed by atoms with Crippen LogP contribution in [0.2, 0.25) is 0 Å². The molecule has 0 aliphatic carbocycles. The molecule has 3 rings (SSSR count). The summed E-state index contributed by atoms with van der Waals surface area (Å²) in [6.07, 6.45) is 2.79. The third-order valence-corrected chi connectivity index (χ3v) is 3.20. The molecular formula is C15H12FN3O2. The summed E-state index contributed by atoms with van der Waals surface area (Å²) < 4.78 is 14.8. The fraction of sp³-hybridized carbons (Fsp3) is 0.133. The zero-order chi connectivity index (χ0) is 15.0. The predicted octanol–water partition coefficient (Wildman–Crippen LogP) is 2.37. The number of imidazole rings is 1. The minimum Gasteiger partial charge on any atom is -0.508 e. The smallest absolute Gasteiger partial charge is 0.234 e. The monoisotopic (exact) mass is 285 g/mol. The summed E-state index contributed by atoms with van der Waals surface area (Å²) in [4.78, 5) is 20.8. The van der Waals surface area contributed by atoms with E-state index in [0.29, 0.717) is 23.4 Å². The summed E-state index contributed by atoms with van der Waals surface area (Å²) in [5, 5.41) is 9.29. The van der Waals surface area contributed by atoms with Gasteiger partial charge in [0, 0.05) is 5.56 Å². The molecule has 3 aromatic rings. The number of carbonyl (C=O) groups is 1. The van der Waals surface area contributed by atoms with Crippen molar-refractivity contribution in [2.24, 2.45) is 0 Å². The van der Waals surface area contributed by atoms with Gasteiger partial charge in [0.05, 0.1) is 18.1 Å². The van der Waals surface area contributed by atoms with Gasteiger partial charge in [-0.1, -0.05) is 6.92 Å². The van der Waals surface area contributed by atoms with Gasteiger partial charge in [-0.2, -0.15) is 0 Å². The van der Waals surface area contributed by atoms with Gasteiger partial charge >= 0.3 is 0 Å². The fourth-order valence-electron chi connectivity index (χ4n) is 2.19. The van der Waals surface area contributed by atoms with Gasteiger partial charge in [0.25, 0.3) is 0 Å². The molecule has 2 heterocycles. The first kappa shape index (κ1) is 13.2. The highest BCUT2D eigenvalue weighted by molar-refractivity contribution is 6.09. The van der Waals surface area contributed by atoms with Gasteiger partial charge in [-0.05, 0) is 30.7 Å². The summed E-state index contributed by atoms with van der Waals surface area (Å²) in [5.74, 6) is -0.461. The van der Waals surface area contributed by atoms with Crippen LogP contribution in [0.4, 0.5) is 4.39 Å². The number of phenols is 1. The van der Waals surface area contributed by atoms with Crippen LogP contribution in [0.1, 0.15) is 28.7 Å². The highest BCUT2D eigenvalue weighted by atomic mass is 19.1. The number of ketones is 1. The topological polar surface area (TPSA) is 67.5 Å². The van der Waals surface area contributed by atoms with Crippen molar-refractivity contribution in [3.8, 4) is 5.75 Å². The molecule has 21 heavy (non-hydrogen) atoms. The van der Waals surface area contributed by atoms with E-state index in [1.165, 1.54) is 34.9 Å². The van der Waals surface area contributed by atoms with E-state index >= 15 is 0 Å². The molecule has 0 aliphatic heterocycles.